The molecule has 3 N–H and O–H groups in total. The van der Waals surface area contributed by atoms with E-state index in [0.29, 0.717) is 26.0 Å². The third kappa shape index (κ3) is 8.00. The molecule has 3 rings (SSSR count). The van der Waals surface area contributed by atoms with Crippen molar-refractivity contribution < 1.29 is 69.5 Å². The van der Waals surface area contributed by atoms with E-state index < -0.39 is 70.2 Å². The van der Waals surface area contributed by atoms with E-state index in [1.54, 1.807) is 0 Å². The number of esters is 1. The second-order valence-corrected chi connectivity index (χ2v) is 8.42. The summed E-state index contributed by atoms with van der Waals surface area (Å²) in [5, 5.41) is 21.3. The van der Waals surface area contributed by atoms with E-state index >= 15 is 4.39 Å². The van der Waals surface area contributed by atoms with Crippen LogP contribution in [0.5, 0.6) is 23.0 Å². The summed E-state index contributed by atoms with van der Waals surface area (Å²) in [4.78, 5) is 28.5. The van der Waals surface area contributed by atoms with Crippen molar-refractivity contribution in [1.29, 1.82) is 0 Å². The van der Waals surface area contributed by atoms with Crippen LogP contribution < -0.4 is 19.5 Å². The lowest BCUT2D eigenvalue weighted by molar-refractivity contribution is -0.274. The van der Waals surface area contributed by atoms with Gasteiger partial charge in [0.1, 0.15) is 22.8 Å². The van der Waals surface area contributed by atoms with Crippen molar-refractivity contribution in [3.05, 3.63) is 70.8 Å². The molecule has 42 heavy (non-hydrogen) atoms. The first-order valence-electron chi connectivity index (χ1n) is 11.3. The molecule has 0 fully saturated rings. The molecule has 0 saturated heterocycles. The quantitative estimate of drug-likeness (QED) is 0.151. The van der Waals surface area contributed by atoms with Gasteiger partial charge in [-0.2, -0.15) is 13.2 Å². The highest BCUT2D eigenvalue weighted by Gasteiger charge is 2.38. The summed E-state index contributed by atoms with van der Waals surface area (Å²) in [6, 6.07) is 3.84. The molecule has 0 spiro atoms. The molecule has 1 aromatic heterocycles. The van der Waals surface area contributed by atoms with Crippen molar-refractivity contribution in [2.24, 2.45) is 0 Å². The van der Waals surface area contributed by atoms with Gasteiger partial charge in [0.05, 0.1) is 24.6 Å². The van der Waals surface area contributed by atoms with Crippen molar-refractivity contribution >= 4 is 25.4 Å². The molecule has 1 amide bonds. The lowest BCUT2D eigenvalue weighted by Crippen LogP contribution is -2.35. The average molecular weight is 606 g/mol. The molecule has 0 radical (unpaired) electrons. The molecule has 10 nitrogen and oxygen atoms in total. The molecule has 0 unspecified atom stereocenters. The zero-order valence-electron chi connectivity index (χ0n) is 21.5. The fourth-order valence-corrected chi connectivity index (χ4v) is 3.34. The average Bonchev–Trinajstić information content (AvgIpc) is 2.83. The first kappa shape index (κ1) is 31.9. The van der Waals surface area contributed by atoms with Gasteiger partial charge in [0, 0.05) is 6.07 Å². The summed E-state index contributed by atoms with van der Waals surface area (Å²) in [6.07, 6.45) is -9.48. The third-order valence-corrected chi connectivity index (χ3v) is 5.06. The molecular formula is C24H18BF7N2O8. The van der Waals surface area contributed by atoms with Gasteiger partial charge in [-0.1, -0.05) is 0 Å². The molecule has 18 heteroatoms. The van der Waals surface area contributed by atoms with Crippen molar-refractivity contribution in [1.82, 2.24) is 4.98 Å². The Morgan fingerprint density at radius 1 is 0.952 bits per heavy atom. The fraction of sp³-hybridized carbons (Fsp3) is 0.208. The number of nitrogens with one attached hydrogen (secondary N) is 1. The van der Waals surface area contributed by atoms with Gasteiger partial charge >= 0.3 is 18.5 Å². The van der Waals surface area contributed by atoms with E-state index in [1.165, 1.54) is 13.0 Å². The lowest BCUT2D eigenvalue weighted by Gasteiger charge is -2.22. The number of aryl methyl sites for hydroxylation is 1. The number of carbonyl (C=O) groups is 2. The van der Waals surface area contributed by atoms with Gasteiger partial charge in [-0.25, -0.2) is 14.2 Å². The highest BCUT2D eigenvalue weighted by Crippen LogP contribution is 2.41. The van der Waals surface area contributed by atoms with Crippen LogP contribution in [0.4, 0.5) is 36.4 Å². The SMILES string of the molecule is BC(O)(O)Oc1cc(OC(F)(F)F)ccc1Oc1ccc(C(F)(F)F)c(F)c1C(=O)Nc1cnc(C(=O)OC)cc1C. The van der Waals surface area contributed by atoms with Crippen molar-refractivity contribution in [3.8, 4) is 23.0 Å². The lowest BCUT2D eigenvalue weighted by atomic mass is 10.1. The van der Waals surface area contributed by atoms with Crippen LogP contribution in [-0.4, -0.2) is 54.3 Å². The molecule has 0 aliphatic heterocycles. The highest BCUT2D eigenvalue weighted by molar-refractivity contribution is 6.12. The summed E-state index contributed by atoms with van der Waals surface area (Å²) >= 11 is 0. The van der Waals surface area contributed by atoms with Gasteiger partial charge in [0.2, 0.25) is 7.85 Å². The number of alkyl halides is 6. The summed E-state index contributed by atoms with van der Waals surface area (Å²) < 4.78 is 112. The van der Waals surface area contributed by atoms with Gasteiger partial charge in [-0.3, -0.25) is 4.79 Å². The summed E-state index contributed by atoms with van der Waals surface area (Å²) in [5.41, 5.74) is -3.31. The minimum absolute atomic E-state index is 0.149. The van der Waals surface area contributed by atoms with Crippen LogP contribution in [0.15, 0.2) is 42.6 Å². The van der Waals surface area contributed by atoms with Crippen molar-refractivity contribution in [2.75, 3.05) is 12.4 Å². The van der Waals surface area contributed by atoms with Crippen LogP contribution in [0.2, 0.25) is 0 Å². The molecule has 0 atom stereocenters. The van der Waals surface area contributed by atoms with Gasteiger partial charge in [-0.05, 0) is 42.8 Å². The Morgan fingerprint density at radius 3 is 2.14 bits per heavy atom. The number of benzene rings is 2. The second-order valence-electron chi connectivity index (χ2n) is 8.42. The summed E-state index contributed by atoms with van der Waals surface area (Å²) in [5.74, 6) is -10.8. The number of pyridine rings is 1. The minimum atomic E-state index is -5.27. The van der Waals surface area contributed by atoms with E-state index in [9.17, 15) is 46.1 Å². The number of amides is 1. The number of carbonyl (C=O) groups excluding carboxylic acids is 2. The Morgan fingerprint density at radius 2 is 1.60 bits per heavy atom. The standard InChI is InChI=1S/C24H18BF7N2O8/c1-10-7-13(21(36)39-2)33-9-14(10)34-20(35)18-16(6-4-12(19(18)26)22(27,28)29)40-15-5-3-11(41-24(30,31)32)8-17(15)42-23(25,37)38/h3-9,37-38H,25H2,1-2H3,(H,34,35). The topological polar surface area (TPSA) is 136 Å². The van der Waals surface area contributed by atoms with Gasteiger partial charge in [-0.15, -0.1) is 13.2 Å². The minimum Gasteiger partial charge on any atom is -0.464 e. The summed E-state index contributed by atoms with van der Waals surface area (Å²) in [7, 11) is 1.74. The first-order valence-corrected chi connectivity index (χ1v) is 11.3. The number of anilines is 1. The number of aromatic nitrogens is 1. The maximum absolute atomic E-state index is 15.2. The number of hydrogen-bond donors (Lipinski definition) is 3. The third-order valence-electron chi connectivity index (χ3n) is 5.06. The van der Waals surface area contributed by atoms with E-state index in [2.05, 4.69) is 19.8 Å². The van der Waals surface area contributed by atoms with Crippen LogP contribution >= 0.6 is 0 Å². The smallest absolute Gasteiger partial charge is 0.464 e. The van der Waals surface area contributed by atoms with Crippen LogP contribution in [0.1, 0.15) is 32.0 Å². The maximum Gasteiger partial charge on any atom is 0.573 e. The molecular weight excluding hydrogens is 588 g/mol. The van der Waals surface area contributed by atoms with Crippen LogP contribution in [0.25, 0.3) is 0 Å². The largest absolute Gasteiger partial charge is 0.573 e. The predicted octanol–water partition coefficient (Wildman–Crippen LogP) is 3.89. The van der Waals surface area contributed by atoms with Crippen molar-refractivity contribution in [3.63, 3.8) is 0 Å². The predicted molar refractivity (Wildman–Crippen MR) is 129 cm³/mol. The number of ether oxygens (including phenoxy) is 4. The van der Waals surface area contributed by atoms with Crippen LogP contribution in [-0.2, 0) is 10.9 Å². The molecule has 0 aliphatic rings. The Balaban J connectivity index is 2.10. The zero-order valence-corrected chi connectivity index (χ0v) is 21.5. The first-order chi connectivity index (χ1) is 19.3. The molecule has 0 bridgehead atoms. The van der Waals surface area contributed by atoms with Gasteiger partial charge in [0.15, 0.2) is 17.3 Å². The number of halogens is 7. The van der Waals surface area contributed by atoms with E-state index in [4.69, 9.17) is 9.47 Å². The monoisotopic (exact) mass is 606 g/mol. The van der Waals surface area contributed by atoms with Crippen LogP contribution in [0.3, 0.4) is 0 Å². The van der Waals surface area contributed by atoms with E-state index in [0.717, 1.165) is 19.4 Å². The Bertz CT molecular complexity index is 1510. The molecule has 224 valence electrons. The fourth-order valence-electron chi connectivity index (χ4n) is 3.34. The Labute approximate surface area is 232 Å². The van der Waals surface area contributed by atoms with Gasteiger partial charge < -0.3 is 34.5 Å². The Kier molecular flexibility index (Phi) is 8.92. The number of rotatable bonds is 8. The van der Waals surface area contributed by atoms with Gasteiger partial charge in [0.25, 0.3) is 11.8 Å². The molecule has 3 aromatic rings. The molecule has 2 aromatic carbocycles. The molecule has 1 heterocycles. The second kappa shape index (κ2) is 11.7. The number of nitrogens with zero attached hydrogens (tertiary/aromatic N) is 1. The highest BCUT2D eigenvalue weighted by atomic mass is 19.4. The van der Waals surface area contributed by atoms with E-state index in [-0.39, 0.29) is 23.0 Å². The zero-order chi connectivity index (χ0) is 31.6. The van der Waals surface area contributed by atoms with E-state index in [1.807, 2.05) is 0 Å². The number of hydrogen-bond acceptors (Lipinski definition) is 9. The molecule has 0 aliphatic carbocycles. The number of aliphatic hydroxyl groups is 2. The number of methoxy groups -OCH3 is 1. The Hall–Kier alpha value is -4.58. The van der Waals surface area contributed by atoms with Crippen LogP contribution in [0, 0.1) is 12.7 Å². The molecule has 0 saturated carbocycles. The summed E-state index contributed by atoms with van der Waals surface area (Å²) in [6.45, 7) is 1.39. The van der Waals surface area contributed by atoms with Crippen molar-refractivity contribution in [2.45, 2.75) is 25.3 Å². The normalized spacial score (nSPS) is 12.0. The maximum atomic E-state index is 15.2.